The molecule has 1 fully saturated rings. The van der Waals surface area contributed by atoms with Gasteiger partial charge in [-0.05, 0) is 30.9 Å². The van der Waals surface area contributed by atoms with Crippen LogP contribution in [0.5, 0.6) is 5.75 Å². The minimum absolute atomic E-state index is 0.106. The number of thiazole rings is 1. The highest BCUT2D eigenvalue weighted by Crippen LogP contribution is 2.36. The first-order valence-corrected chi connectivity index (χ1v) is 14.3. The average molecular weight is 585 g/mol. The van der Waals surface area contributed by atoms with Crippen LogP contribution in [0, 0.1) is 11.3 Å². The molecule has 3 N–H and O–H groups in total. The summed E-state index contributed by atoms with van der Waals surface area (Å²) in [5.74, 6) is -1.40. The van der Waals surface area contributed by atoms with Crippen LogP contribution in [0.2, 0.25) is 0 Å². The third-order valence-corrected chi connectivity index (χ3v) is 7.78. The number of piperidine rings is 1. The molecule has 42 heavy (non-hydrogen) atoms. The van der Waals surface area contributed by atoms with E-state index in [9.17, 15) is 19.6 Å². The van der Waals surface area contributed by atoms with Gasteiger partial charge >= 0.3 is 0 Å². The number of fused-ring (bicyclic) bond motifs is 1. The van der Waals surface area contributed by atoms with Gasteiger partial charge in [-0.2, -0.15) is 5.26 Å². The zero-order valence-corrected chi connectivity index (χ0v) is 23.7. The van der Waals surface area contributed by atoms with Crippen molar-refractivity contribution in [2.24, 2.45) is 0 Å². The fourth-order valence-corrected chi connectivity index (χ4v) is 5.71. The molecule has 0 bridgehead atoms. The smallest absolute Gasteiger partial charge is 0.295 e. The maximum atomic E-state index is 13.6. The summed E-state index contributed by atoms with van der Waals surface area (Å²) in [7, 11) is 0. The summed E-state index contributed by atoms with van der Waals surface area (Å²) < 4.78 is 5.77. The number of aromatic nitrogens is 3. The van der Waals surface area contributed by atoms with E-state index in [1.54, 1.807) is 12.3 Å². The molecular weight excluding hydrogens is 556 g/mol. The molecule has 0 atom stereocenters. The number of nitrogens with one attached hydrogen (secondary N) is 2. The van der Waals surface area contributed by atoms with E-state index in [2.05, 4.69) is 26.3 Å². The number of aromatic amines is 1. The van der Waals surface area contributed by atoms with Gasteiger partial charge in [-0.15, -0.1) is 11.3 Å². The summed E-state index contributed by atoms with van der Waals surface area (Å²) in [5, 5.41) is 23.7. The van der Waals surface area contributed by atoms with E-state index in [0.717, 1.165) is 11.1 Å². The molecule has 0 spiro atoms. The predicted octanol–water partition coefficient (Wildman–Crippen LogP) is 3.59. The Morgan fingerprint density at radius 1 is 1.21 bits per heavy atom. The molecule has 12 heteroatoms. The van der Waals surface area contributed by atoms with Crippen LogP contribution in [-0.4, -0.2) is 75.4 Å². The summed E-state index contributed by atoms with van der Waals surface area (Å²) in [5.41, 5.74) is 3.62. The number of hydrogen-bond acceptors (Lipinski definition) is 9. The number of rotatable bonds is 9. The van der Waals surface area contributed by atoms with Gasteiger partial charge < -0.3 is 25.0 Å². The average Bonchev–Trinajstić information content (AvgIpc) is 3.70. The lowest BCUT2D eigenvalue weighted by Gasteiger charge is -2.28. The van der Waals surface area contributed by atoms with Gasteiger partial charge in [-0.3, -0.25) is 14.4 Å². The van der Waals surface area contributed by atoms with Gasteiger partial charge in [-0.25, -0.2) is 9.97 Å². The Morgan fingerprint density at radius 3 is 2.67 bits per heavy atom. The van der Waals surface area contributed by atoms with E-state index in [1.807, 2.05) is 30.3 Å². The Labute approximate surface area is 245 Å². The molecule has 5 rings (SSSR count). The van der Waals surface area contributed by atoms with E-state index in [-0.39, 0.29) is 24.4 Å². The number of benzene rings is 1. The number of aliphatic hydroxyl groups excluding tert-OH is 1. The number of allylic oxidation sites excluding steroid dienone is 1. The van der Waals surface area contributed by atoms with Crippen molar-refractivity contribution >= 4 is 45.4 Å². The van der Waals surface area contributed by atoms with E-state index in [4.69, 9.17) is 9.84 Å². The molecule has 4 heterocycles. The summed E-state index contributed by atoms with van der Waals surface area (Å²) in [6, 6.07) is 11.7. The summed E-state index contributed by atoms with van der Waals surface area (Å²) >= 11 is 1.20. The number of ether oxygens (including phenoxy) is 1. The Balaban J connectivity index is 1.41. The number of nitrogens with zero attached hydrogens (tertiary/aromatic N) is 4. The van der Waals surface area contributed by atoms with Gasteiger partial charge in [0.15, 0.2) is 0 Å². The molecule has 0 unspecified atom stereocenters. The van der Waals surface area contributed by atoms with Crippen LogP contribution < -0.4 is 10.1 Å². The Kier molecular flexibility index (Phi) is 8.71. The van der Waals surface area contributed by atoms with Gasteiger partial charge in [0, 0.05) is 31.2 Å². The molecule has 0 radical (unpaired) electrons. The summed E-state index contributed by atoms with van der Waals surface area (Å²) in [6.07, 6.45) is 3.95. The number of aliphatic hydroxyl groups is 1. The lowest BCUT2D eigenvalue weighted by molar-refractivity contribution is -0.126. The largest absolute Gasteiger partial charge is 0.492 e. The molecule has 3 aromatic heterocycles. The molecule has 214 valence electrons. The van der Waals surface area contributed by atoms with Crippen LogP contribution in [0.4, 0.5) is 0 Å². The van der Waals surface area contributed by atoms with E-state index in [0.29, 0.717) is 65.5 Å². The van der Waals surface area contributed by atoms with Gasteiger partial charge in [-0.1, -0.05) is 30.3 Å². The fourth-order valence-electron chi connectivity index (χ4n) is 4.91. The number of ketones is 1. The van der Waals surface area contributed by atoms with Crippen molar-refractivity contribution in [1.29, 1.82) is 5.26 Å². The van der Waals surface area contributed by atoms with Crippen LogP contribution in [0.3, 0.4) is 0 Å². The number of amides is 2. The maximum absolute atomic E-state index is 13.6. The molecular formula is C30H28N6O5S. The highest BCUT2D eigenvalue weighted by molar-refractivity contribution is 7.13. The monoisotopic (exact) mass is 584 g/mol. The Hall–Kier alpha value is -4.86. The van der Waals surface area contributed by atoms with E-state index < -0.39 is 17.6 Å². The van der Waals surface area contributed by atoms with Crippen LogP contribution in [0.1, 0.15) is 46.2 Å². The SMILES string of the molecule is CCOc1cnc(-c2nc(C(=O)NCCO)cs2)c2[nH]cc(C(=O)C(=O)N3CCC(=C(C#N)c4ccccc4)CC3)c12. The fraction of sp³-hybridized carbons (Fsp3) is 0.267. The van der Waals surface area contributed by atoms with Gasteiger partial charge in [0.25, 0.3) is 17.6 Å². The highest BCUT2D eigenvalue weighted by atomic mass is 32.1. The molecule has 1 aromatic carbocycles. The Morgan fingerprint density at radius 2 is 1.98 bits per heavy atom. The molecule has 11 nitrogen and oxygen atoms in total. The molecule has 1 saturated heterocycles. The number of carbonyl (C=O) groups is 3. The van der Waals surface area contributed by atoms with Crippen LogP contribution in [-0.2, 0) is 4.79 Å². The number of likely N-dealkylation sites (tertiary alicyclic amines) is 1. The van der Waals surface area contributed by atoms with Crippen LogP contribution in [0.25, 0.3) is 27.2 Å². The number of hydrogen-bond donors (Lipinski definition) is 3. The quantitative estimate of drug-likeness (QED) is 0.153. The van der Waals surface area contributed by atoms with Crippen LogP contribution >= 0.6 is 11.3 Å². The molecule has 2 amide bonds. The minimum Gasteiger partial charge on any atom is -0.492 e. The first-order valence-electron chi connectivity index (χ1n) is 13.5. The maximum Gasteiger partial charge on any atom is 0.295 e. The van der Waals surface area contributed by atoms with Crippen molar-refractivity contribution in [3.05, 3.63) is 70.5 Å². The number of Topliss-reactive ketones (excluding diaryl/α,β-unsaturated/α-hetero) is 1. The predicted molar refractivity (Wildman–Crippen MR) is 157 cm³/mol. The van der Waals surface area contributed by atoms with Crippen molar-refractivity contribution < 1.29 is 24.2 Å². The number of pyridine rings is 1. The van der Waals surface area contributed by atoms with E-state index in [1.165, 1.54) is 28.6 Å². The molecule has 1 aliphatic heterocycles. The van der Waals surface area contributed by atoms with Gasteiger partial charge in [0.2, 0.25) is 0 Å². The molecule has 0 saturated carbocycles. The normalized spacial score (nSPS) is 13.1. The lowest BCUT2D eigenvalue weighted by Crippen LogP contribution is -2.40. The standard InChI is InChI=1S/C30H28N6O5S/c1-2-41-23-16-34-26(29-35-22(17-42-29)28(39)32-10-13-37)25-24(23)21(15-33-25)27(38)30(40)36-11-8-19(9-12-36)20(14-31)18-6-4-3-5-7-18/h3-7,15-17,33,37H,2,8-13H2,1H3,(H,32,39). The van der Waals surface area contributed by atoms with Crippen molar-refractivity contribution in [3.8, 4) is 22.5 Å². The molecule has 4 aromatic rings. The highest BCUT2D eigenvalue weighted by Gasteiger charge is 2.30. The van der Waals surface area contributed by atoms with Crippen molar-refractivity contribution in [2.75, 3.05) is 32.8 Å². The van der Waals surface area contributed by atoms with Crippen molar-refractivity contribution in [2.45, 2.75) is 19.8 Å². The molecule has 1 aliphatic rings. The van der Waals surface area contributed by atoms with Gasteiger partial charge in [0.1, 0.15) is 22.1 Å². The lowest BCUT2D eigenvalue weighted by atomic mass is 9.93. The second kappa shape index (κ2) is 12.8. The third kappa shape index (κ3) is 5.65. The van der Waals surface area contributed by atoms with Crippen molar-refractivity contribution in [3.63, 3.8) is 0 Å². The third-order valence-electron chi connectivity index (χ3n) is 6.93. The first-order chi connectivity index (χ1) is 20.5. The first kappa shape index (κ1) is 28.7. The second-order valence-corrected chi connectivity index (χ2v) is 10.3. The minimum atomic E-state index is -0.682. The van der Waals surface area contributed by atoms with Crippen molar-refractivity contribution in [1.82, 2.24) is 25.2 Å². The number of H-pyrrole nitrogens is 1. The number of carbonyl (C=O) groups excluding carboxylic acids is 3. The zero-order valence-electron chi connectivity index (χ0n) is 22.8. The van der Waals surface area contributed by atoms with E-state index >= 15 is 0 Å². The molecule has 0 aliphatic carbocycles. The zero-order chi connectivity index (χ0) is 29.6. The topological polar surface area (TPSA) is 161 Å². The van der Waals surface area contributed by atoms with Crippen LogP contribution in [0.15, 0.2) is 53.7 Å². The second-order valence-electron chi connectivity index (χ2n) is 9.45. The van der Waals surface area contributed by atoms with Gasteiger partial charge in [0.05, 0.1) is 47.5 Å². The number of nitriles is 1. The summed E-state index contributed by atoms with van der Waals surface area (Å²) in [4.78, 5) is 52.7. The summed E-state index contributed by atoms with van der Waals surface area (Å²) in [6.45, 7) is 2.69. The Bertz CT molecular complexity index is 1710.